The minimum Gasteiger partial charge on any atom is -0.398 e. The van der Waals surface area contributed by atoms with Gasteiger partial charge in [-0.25, -0.2) is 0 Å². The van der Waals surface area contributed by atoms with Crippen LogP contribution in [-0.4, -0.2) is 11.3 Å². The van der Waals surface area contributed by atoms with E-state index in [2.05, 4.69) is 4.74 Å². The summed E-state index contributed by atoms with van der Waals surface area (Å²) in [4.78, 5) is 9.01. The maximum absolute atomic E-state index is 12.4. The molecular weight excluding hydrogens is 308 g/mol. The predicted molar refractivity (Wildman–Crippen MR) is 49.8 cm³/mol. The van der Waals surface area contributed by atoms with Gasteiger partial charge < -0.3 is 4.74 Å². The SMILES string of the molecule is O=[N+]([O-])c1cc(C(F)(F)F)c(Cl)cc1OC(F)(F)F. The molecule has 4 nitrogen and oxygen atoms in total. The van der Waals surface area contributed by atoms with E-state index in [0.29, 0.717) is 0 Å². The number of nitro benzene ring substituents is 1. The molecule has 0 bridgehead atoms. The number of halogens is 7. The molecule has 0 saturated carbocycles. The fourth-order valence-electron chi connectivity index (χ4n) is 1.11. The third-order valence-corrected chi connectivity index (χ3v) is 2.09. The van der Waals surface area contributed by atoms with E-state index in [0.717, 1.165) is 0 Å². The van der Waals surface area contributed by atoms with E-state index in [1.54, 1.807) is 0 Å². The fourth-order valence-corrected chi connectivity index (χ4v) is 1.37. The Morgan fingerprint density at radius 3 is 2.05 bits per heavy atom. The van der Waals surface area contributed by atoms with Crippen molar-refractivity contribution in [2.24, 2.45) is 0 Å². The van der Waals surface area contributed by atoms with Crippen LogP contribution in [0.2, 0.25) is 5.02 Å². The molecule has 0 aliphatic heterocycles. The number of hydrogen-bond donors (Lipinski definition) is 0. The van der Waals surface area contributed by atoms with E-state index in [4.69, 9.17) is 11.6 Å². The van der Waals surface area contributed by atoms with Gasteiger partial charge in [-0.3, -0.25) is 10.1 Å². The minimum atomic E-state index is -5.30. The zero-order valence-electron chi connectivity index (χ0n) is 8.47. The molecule has 0 amide bonds. The zero-order chi connectivity index (χ0) is 15.0. The Morgan fingerprint density at radius 1 is 1.16 bits per heavy atom. The van der Waals surface area contributed by atoms with Crippen molar-refractivity contribution in [2.45, 2.75) is 12.5 Å². The van der Waals surface area contributed by atoms with Crippen LogP contribution in [0.1, 0.15) is 5.56 Å². The van der Waals surface area contributed by atoms with Gasteiger partial charge in [0.15, 0.2) is 0 Å². The lowest BCUT2D eigenvalue weighted by Crippen LogP contribution is -2.18. The Morgan fingerprint density at radius 2 is 1.68 bits per heavy atom. The third kappa shape index (κ3) is 3.88. The second kappa shape index (κ2) is 4.76. The van der Waals surface area contributed by atoms with E-state index in [1.165, 1.54) is 0 Å². The molecule has 19 heavy (non-hydrogen) atoms. The standard InChI is InChI=1S/C8H2ClF6NO3/c9-4-2-6(19-8(13,14)15)5(16(17)18)1-3(4)7(10,11)12/h1-2H. The number of rotatable bonds is 2. The number of alkyl halides is 6. The normalized spacial score (nSPS) is 12.4. The number of ether oxygens (including phenoxy) is 1. The van der Waals surface area contributed by atoms with Crippen molar-refractivity contribution in [2.75, 3.05) is 0 Å². The van der Waals surface area contributed by atoms with E-state index >= 15 is 0 Å². The van der Waals surface area contributed by atoms with Crippen molar-refractivity contribution in [3.05, 3.63) is 32.8 Å². The minimum absolute atomic E-state index is 0.0933. The first kappa shape index (κ1) is 15.3. The Balaban J connectivity index is 3.42. The average Bonchev–Trinajstić information content (AvgIpc) is 2.11. The van der Waals surface area contributed by atoms with Crippen LogP contribution in [0.4, 0.5) is 32.0 Å². The summed E-state index contributed by atoms with van der Waals surface area (Å²) in [5.41, 5.74) is -3.12. The summed E-state index contributed by atoms with van der Waals surface area (Å²) < 4.78 is 76.2. The van der Waals surface area contributed by atoms with E-state index in [1.807, 2.05) is 0 Å². The Labute approximate surface area is 105 Å². The van der Waals surface area contributed by atoms with E-state index < -0.39 is 39.5 Å². The van der Waals surface area contributed by atoms with Crippen molar-refractivity contribution in [3.8, 4) is 5.75 Å². The van der Waals surface area contributed by atoms with Crippen molar-refractivity contribution in [3.63, 3.8) is 0 Å². The largest absolute Gasteiger partial charge is 0.573 e. The zero-order valence-corrected chi connectivity index (χ0v) is 9.23. The van der Waals surface area contributed by atoms with Gasteiger partial charge in [-0.15, -0.1) is 13.2 Å². The highest BCUT2D eigenvalue weighted by molar-refractivity contribution is 6.31. The van der Waals surface area contributed by atoms with Crippen LogP contribution in [0, 0.1) is 10.1 Å². The van der Waals surface area contributed by atoms with Gasteiger partial charge in [-0.05, 0) is 0 Å². The molecule has 1 rings (SSSR count). The molecule has 0 spiro atoms. The topological polar surface area (TPSA) is 52.4 Å². The molecule has 106 valence electrons. The quantitative estimate of drug-likeness (QED) is 0.468. The van der Waals surface area contributed by atoms with E-state index in [-0.39, 0.29) is 12.1 Å². The maximum atomic E-state index is 12.4. The molecule has 11 heteroatoms. The van der Waals surface area contributed by atoms with Gasteiger partial charge in [0.25, 0.3) is 0 Å². The second-order valence-corrected chi connectivity index (χ2v) is 3.51. The first-order chi connectivity index (χ1) is 8.42. The summed E-state index contributed by atoms with van der Waals surface area (Å²) in [6, 6.07) is -0.0284. The van der Waals surface area contributed by atoms with Gasteiger partial charge in [0.1, 0.15) is 0 Å². The average molecular weight is 310 g/mol. The summed E-state index contributed by atoms with van der Waals surface area (Å²) in [5.74, 6) is -1.42. The second-order valence-electron chi connectivity index (χ2n) is 3.10. The van der Waals surface area contributed by atoms with Crippen molar-refractivity contribution in [1.29, 1.82) is 0 Å². The number of nitro groups is 1. The van der Waals surface area contributed by atoms with E-state index in [9.17, 15) is 36.5 Å². The molecule has 0 aliphatic rings. The van der Waals surface area contributed by atoms with Crippen LogP contribution < -0.4 is 4.74 Å². The monoisotopic (exact) mass is 309 g/mol. The number of hydrogen-bond acceptors (Lipinski definition) is 3. The van der Waals surface area contributed by atoms with Crippen LogP contribution in [0.3, 0.4) is 0 Å². The lowest BCUT2D eigenvalue weighted by molar-refractivity contribution is -0.388. The summed E-state index contributed by atoms with van der Waals surface area (Å²) >= 11 is 5.13. The highest BCUT2D eigenvalue weighted by atomic mass is 35.5. The molecule has 0 saturated heterocycles. The summed E-state index contributed by atoms with van der Waals surface area (Å²) in [6.07, 6.45) is -10.3. The van der Waals surface area contributed by atoms with Gasteiger partial charge in [0, 0.05) is 12.1 Å². The van der Waals surface area contributed by atoms with Gasteiger partial charge in [-0.1, -0.05) is 11.6 Å². The molecule has 1 aromatic rings. The first-order valence-electron chi connectivity index (χ1n) is 4.22. The molecular formula is C8H2ClF6NO3. The summed E-state index contributed by atoms with van der Waals surface area (Å²) in [7, 11) is 0. The van der Waals surface area contributed by atoms with Gasteiger partial charge >= 0.3 is 18.2 Å². The van der Waals surface area contributed by atoms with Crippen LogP contribution in [0.5, 0.6) is 5.75 Å². The number of nitrogens with zero attached hydrogens (tertiary/aromatic N) is 1. The van der Waals surface area contributed by atoms with Crippen LogP contribution in [0.25, 0.3) is 0 Å². The lowest BCUT2D eigenvalue weighted by atomic mass is 10.2. The Kier molecular flexibility index (Phi) is 3.84. The van der Waals surface area contributed by atoms with Gasteiger partial charge in [0.2, 0.25) is 5.75 Å². The molecule has 0 unspecified atom stereocenters. The van der Waals surface area contributed by atoms with Crippen molar-refractivity contribution >= 4 is 17.3 Å². The molecule has 0 fully saturated rings. The molecule has 0 aliphatic carbocycles. The molecule has 0 radical (unpaired) electrons. The molecule has 0 heterocycles. The van der Waals surface area contributed by atoms with Crippen molar-refractivity contribution < 1.29 is 36.0 Å². The van der Waals surface area contributed by atoms with Crippen LogP contribution >= 0.6 is 11.6 Å². The first-order valence-corrected chi connectivity index (χ1v) is 4.60. The van der Waals surface area contributed by atoms with Crippen molar-refractivity contribution in [1.82, 2.24) is 0 Å². The third-order valence-electron chi connectivity index (χ3n) is 1.78. The van der Waals surface area contributed by atoms with Gasteiger partial charge in [-0.2, -0.15) is 13.2 Å². The smallest absolute Gasteiger partial charge is 0.398 e. The lowest BCUT2D eigenvalue weighted by Gasteiger charge is -2.13. The predicted octanol–water partition coefficient (Wildman–Crippen LogP) is 4.17. The molecule has 0 N–H and O–H groups in total. The molecule has 0 atom stereocenters. The maximum Gasteiger partial charge on any atom is 0.573 e. The van der Waals surface area contributed by atoms with Gasteiger partial charge in [0.05, 0.1) is 15.5 Å². The Bertz CT molecular complexity index is 512. The van der Waals surface area contributed by atoms with Crippen LogP contribution in [0.15, 0.2) is 12.1 Å². The highest BCUT2D eigenvalue weighted by Crippen LogP contribution is 2.42. The highest BCUT2D eigenvalue weighted by Gasteiger charge is 2.39. The van der Waals surface area contributed by atoms with Crippen LogP contribution in [-0.2, 0) is 6.18 Å². The summed E-state index contributed by atoms with van der Waals surface area (Å²) in [5, 5.41) is 9.30. The summed E-state index contributed by atoms with van der Waals surface area (Å²) in [6.45, 7) is 0. The molecule has 0 aromatic heterocycles. The Hall–Kier alpha value is -1.71. The fraction of sp³-hybridized carbons (Fsp3) is 0.250. The molecule has 1 aromatic carbocycles. The number of benzene rings is 1.